The van der Waals surface area contributed by atoms with E-state index in [1.807, 2.05) is 12.1 Å². The van der Waals surface area contributed by atoms with Crippen molar-refractivity contribution < 1.29 is 8.42 Å². The average Bonchev–Trinajstić information content (AvgIpc) is 2.91. The number of benzene rings is 1. The van der Waals surface area contributed by atoms with Gasteiger partial charge in [0.15, 0.2) is 0 Å². The van der Waals surface area contributed by atoms with Gasteiger partial charge in [0.2, 0.25) is 0 Å². The number of hydrogen-bond acceptors (Lipinski definition) is 3. The second kappa shape index (κ2) is 5.90. The van der Waals surface area contributed by atoms with Gasteiger partial charge in [-0.25, -0.2) is 8.42 Å². The van der Waals surface area contributed by atoms with Crippen LogP contribution in [0.25, 0.3) is 0 Å². The van der Waals surface area contributed by atoms with Crippen molar-refractivity contribution in [3.05, 3.63) is 58.9 Å². The second-order valence-electron chi connectivity index (χ2n) is 3.71. The van der Waals surface area contributed by atoms with E-state index in [2.05, 4.69) is 22.5 Å². The largest absolute Gasteiger partial charge is 0.274 e. The summed E-state index contributed by atoms with van der Waals surface area (Å²) in [7, 11) is -3.54. The summed E-state index contributed by atoms with van der Waals surface area (Å²) in [6.45, 7) is 3.86. The molecular formula is C13H12BrNO2S2. The average molecular weight is 358 g/mol. The van der Waals surface area contributed by atoms with Gasteiger partial charge in [-0.3, -0.25) is 4.31 Å². The lowest BCUT2D eigenvalue weighted by atomic mass is 10.3. The first-order chi connectivity index (χ1) is 9.07. The fraction of sp³-hybridized carbons (Fsp3) is 0.0769. The van der Waals surface area contributed by atoms with Crippen molar-refractivity contribution >= 4 is 43.0 Å². The molecule has 1 aromatic heterocycles. The molecule has 0 N–H and O–H groups in total. The zero-order valence-electron chi connectivity index (χ0n) is 9.99. The monoisotopic (exact) mass is 357 g/mol. The van der Waals surface area contributed by atoms with Crippen molar-refractivity contribution in [1.82, 2.24) is 0 Å². The van der Waals surface area contributed by atoms with Crippen LogP contribution in [0.5, 0.6) is 0 Å². The lowest BCUT2D eigenvalue weighted by molar-refractivity contribution is 0.595. The second-order valence-corrected chi connectivity index (χ2v) is 7.60. The Morgan fingerprint density at radius 2 is 2.00 bits per heavy atom. The summed E-state index contributed by atoms with van der Waals surface area (Å²) in [5.41, 5.74) is 0.607. The Morgan fingerprint density at radius 3 is 2.58 bits per heavy atom. The molecule has 0 aliphatic heterocycles. The Labute approximate surface area is 125 Å². The van der Waals surface area contributed by atoms with Crippen LogP contribution in [0, 0.1) is 0 Å². The maximum absolute atomic E-state index is 12.6. The molecular weight excluding hydrogens is 346 g/mol. The van der Waals surface area contributed by atoms with Crippen LogP contribution in [-0.2, 0) is 10.0 Å². The molecule has 0 saturated carbocycles. The Morgan fingerprint density at radius 1 is 1.26 bits per heavy atom. The first-order valence-electron chi connectivity index (χ1n) is 5.49. The SMILES string of the molecule is C=CCN(c1ccccc1Br)S(=O)(=O)c1cccs1. The fourth-order valence-corrected chi connectivity index (χ4v) is 4.79. The maximum atomic E-state index is 12.6. The van der Waals surface area contributed by atoms with E-state index in [1.165, 1.54) is 15.6 Å². The van der Waals surface area contributed by atoms with E-state index >= 15 is 0 Å². The van der Waals surface area contributed by atoms with Crippen molar-refractivity contribution in [1.29, 1.82) is 0 Å². The minimum Gasteiger partial charge on any atom is -0.261 e. The van der Waals surface area contributed by atoms with E-state index < -0.39 is 10.0 Å². The molecule has 1 aromatic carbocycles. The van der Waals surface area contributed by atoms with Gasteiger partial charge in [-0.05, 0) is 39.5 Å². The molecule has 19 heavy (non-hydrogen) atoms. The van der Waals surface area contributed by atoms with E-state index in [9.17, 15) is 8.42 Å². The number of rotatable bonds is 5. The molecule has 0 unspecified atom stereocenters. The third kappa shape index (κ3) is 2.91. The Kier molecular flexibility index (Phi) is 4.44. The Hall–Kier alpha value is -1.11. The van der Waals surface area contributed by atoms with Crippen LogP contribution in [0.2, 0.25) is 0 Å². The molecule has 0 saturated heterocycles. The summed E-state index contributed by atoms with van der Waals surface area (Å²) in [5, 5.41) is 1.75. The highest BCUT2D eigenvalue weighted by Gasteiger charge is 2.26. The number of thiophene rings is 1. The molecule has 2 rings (SSSR count). The fourth-order valence-electron chi connectivity index (χ4n) is 1.62. The van der Waals surface area contributed by atoms with Crippen LogP contribution in [-0.4, -0.2) is 15.0 Å². The summed E-state index contributed by atoms with van der Waals surface area (Å²) >= 11 is 4.59. The number of para-hydroxylation sites is 1. The van der Waals surface area contributed by atoms with E-state index in [1.54, 1.807) is 35.7 Å². The van der Waals surface area contributed by atoms with Crippen LogP contribution in [0.4, 0.5) is 5.69 Å². The molecule has 3 nitrogen and oxygen atoms in total. The van der Waals surface area contributed by atoms with Gasteiger partial charge >= 0.3 is 0 Å². The van der Waals surface area contributed by atoms with Gasteiger partial charge in [0, 0.05) is 4.47 Å². The lowest BCUT2D eigenvalue weighted by Crippen LogP contribution is -2.30. The number of anilines is 1. The van der Waals surface area contributed by atoms with Crippen LogP contribution < -0.4 is 4.31 Å². The molecule has 0 radical (unpaired) electrons. The first-order valence-corrected chi connectivity index (χ1v) is 8.60. The smallest absolute Gasteiger partial charge is 0.261 e. The van der Waals surface area contributed by atoms with Crippen molar-refractivity contribution in [3.63, 3.8) is 0 Å². The minimum atomic E-state index is -3.54. The van der Waals surface area contributed by atoms with Crippen LogP contribution >= 0.6 is 27.3 Å². The highest BCUT2D eigenvalue weighted by Crippen LogP contribution is 2.31. The summed E-state index contributed by atoms with van der Waals surface area (Å²) in [6, 6.07) is 10.6. The lowest BCUT2D eigenvalue weighted by Gasteiger charge is -2.23. The Bertz CT molecular complexity index is 666. The summed E-state index contributed by atoms with van der Waals surface area (Å²) in [4.78, 5) is 0. The van der Waals surface area contributed by atoms with Crippen molar-refractivity contribution in [3.8, 4) is 0 Å². The molecule has 0 aliphatic carbocycles. The Balaban J connectivity index is 2.53. The van der Waals surface area contributed by atoms with E-state index in [0.29, 0.717) is 9.90 Å². The van der Waals surface area contributed by atoms with Gasteiger partial charge in [-0.15, -0.1) is 17.9 Å². The van der Waals surface area contributed by atoms with Gasteiger partial charge in [-0.1, -0.05) is 24.3 Å². The molecule has 6 heteroatoms. The summed E-state index contributed by atoms with van der Waals surface area (Å²) in [6.07, 6.45) is 1.57. The van der Waals surface area contributed by atoms with Gasteiger partial charge in [-0.2, -0.15) is 0 Å². The van der Waals surface area contributed by atoms with E-state index in [-0.39, 0.29) is 6.54 Å². The van der Waals surface area contributed by atoms with Crippen LogP contribution in [0.3, 0.4) is 0 Å². The predicted octanol–water partition coefficient (Wildman–Crippen LogP) is 3.89. The molecule has 100 valence electrons. The third-order valence-corrected chi connectivity index (χ3v) is 6.28. The zero-order valence-corrected chi connectivity index (χ0v) is 13.2. The van der Waals surface area contributed by atoms with Crippen molar-refractivity contribution in [2.24, 2.45) is 0 Å². The standard InChI is InChI=1S/C13H12BrNO2S2/c1-2-9-15(12-7-4-3-6-11(12)14)19(16,17)13-8-5-10-18-13/h2-8,10H,1,9H2. The summed E-state index contributed by atoms with van der Waals surface area (Å²) < 4.78 is 27.6. The summed E-state index contributed by atoms with van der Waals surface area (Å²) in [5.74, 6) is 0. The normalized spacial score (nSPS) is 11.2. The number of sulfonamides is 1. The predicted molar refractivity (Wildman–Crippen MR) is 83.2 cm³/mol. The van der Waals surface area contributed by atoms with Gasteiger partial charge in [0.25, 0.3) is 10.0 Å². The topological polar surface area (TPSA) is 37.4 Å². The molecule has 0 atom stereocenters. The van der Waals surface area contributed by atoms with Gasteiger partial charge in [0.05, 0.1) is 12.2 Å². The first kappa shape index (κ1) is 14.3. The molecule has 2 aromatic rings. The van der Waals surface area contributed by atoms with Crippen LogP contribution in [0.1, 0.15) is 0 Å². The quantitative estimate of drug-likeness (QED) is 0.761. The van der Waals surface area contributed by atoms with Crippen LogP contribution in [0.15, 0.2) is 63.1 Å². The number of nitrogens with zero attached hydrogens (tertiary/aromatic N) is 1. The highest BCUT2D eigenvalue weighted by molar-refractivity contribution is 9.10. The van der Waals surface area contributed by atoms with E-state index in [0.717, 1.165) is 4.47 Å². The molecule has 0 fully saturated rings. The minimum absolute atomic E-state index is 0.225. The highest BCUT2D eigenvalue weighted by atomic mass is 79.9. The molecule has 1 heterocycles. The van der Waals surface area contributed by atoms with Gasteiger partial charge in [0.1, 0.15) is 4.21 Å². The van der Waals surface area contributed by atoms with Gasteiger partial charge < -0.3 is 0 Å². The molecule has 0 amide bonds. The van der Waals surface area contributed by atoms with E-state index in [4.69, 9.17) is 0 Å². The molecule has 0 aliphatic rings. The zero-order chi connectivity index (χ0) is 13.9. The maximum Gasteiger partial charge on any atom is 0.274 e. The van der Waals surface area contributed by atoms with Crippen molar-refractivity contribution in [2.45, 2.75) is 4.21 Å². The third-order valence-electron chi connectivity index (χ3n) is 2.46. The molecule has 0 bridgehead atoms. The molecule has 0 spiro atoms. The number of hydrogen-bond donors (Lipinski definition) is 0. The number of halogens is 1. The van der Waals surface area contributed by atoms with Crippen molar-refractivity contribution in [2.75, 3.05) is 10.8 Å².